The Balaban J connectivity index is 2.91. The maximum atomic E-state index is 12.0. The van der Waals surface area contributed by atoms with Crippen molar-refractivity contribution >= 4 is 5.78 Å². The Bertz CT molecular complexity index is 348. The van der Waals surface area contributed by atoms with Crippen LogP contribution in [0.3, 0.4) is 0 Å². The van der Waals surface area contributed by atoms with Crippen LogP contribution in [0.5, 0.6) is 0 Å². The van der Waals surface area contributed by atoms with E-state index >= 15 is 0 Å². The molecule has 0 aliphatic carbocycles. The second-order valence-corrected chi connectivity index (χ2v) is 5.03. The smallest absolute Gasteiger partial charge is 0.140 e. The number of rotatable bonds is 6. The summed E-state index contributed by atoms with van der Waals surface area (Å²) in [6.45, 7) is 8.38. The lowest BCUT2D eigenvalue weighted by Crippen LogP contribution is -2.17. The third-order valence-electron chi connectivity index (χ3n) is 3.24. The lowest BCUT2D eigenvalue weighted by atomic mass is 9.83. The van der Waals surface area contributed by atoms with Crippen LogP contribution in [-0.4, -0.2) is 5.78 Å². The van der Waals surface area contributed by atoms with Gasteiger partial charge >= 0.3 is 0 Å². The van der Waals surface area contributed by atoms with Gasteiger partial charge in [0.25, 0.3) is 0 Å². The van der Waals surface area contributed by atoms with E-state index in [1.807, 2.05) is 6.92 Å². The maximum Gasteiger partial charge on any atom is 0.140 e. The van der Waals surface area contributed by atoms with Crippen molar-refractivity contribution in [2.24, 2.45) is 5.92 Å². The molecular weight excluding hydrogens is 208 g/mol. The van der Waals surface area contributed by atoms with Gasteiger partial charge in [-0.25, -0.2) is 0 Å². The zero-order chi connectivity index (χ0) is 12.8. The molecule has 1 nitrogen and oxygen atoms in total. The van der Waals surface area contributed by atoms with Gasteiger partial charge in [-0.2, -0.15) is 0 Å². The zero-order valence-corrected chi connectivity index (χ0v) is 11.5. The first-order chi connectivity index (χ1) is 8.10. The van der Waals surface area contributed by atoms with Gasteiger partial charge in [-0.15, -0.1) is 0 Å². The number of benzene rings is 1. The van der Waals surface area contributed by atoms with E-state index in [4.69, 9.17) is 0 Å². The Morgan fingerprint density at radius 2 is 1.71 bits per heavy atom. The van der Waals surface area contributed by atoms with Crippen LogP contribution < -0.4 is 0 Å². The minimum Gasteiger partial charge on any atom is -0.299 e. The molecule has 1 unspecified atom stereocenters. The number of Topliss-reactive ketones (excluding diaryl/α,β-unsaturated/α-hetero) is 1. The molecule has 0 heterocycles. The highest BCUT2D eigenvalue weighted by Crippen LogP contribution is 2.27. The monoisotopic (exact) mass is 232 g/mol. The molecule has 0 saturated carbocycles. The van der Waals surface area contributed by atoms with Gasteiger partial charge < -0.3 is 0 Å². The Kier molecular flexibility index (Phi) is 5.40. The minimum atomic E-state index is 0.0654. The zero-order valence-electron chi connectivity index (χ0n) is 11.5. The standard InChI is InChI=1S/C16H24O/c1-5-7-13-8-10-14(11-9-13)16(12(3)4)15(17)6-2/h8-12,16H,5-7H2,1-4H3. The molecule has 0 spiro atoms. The largest absolute Gasteiger partial charge is 0.299 e. The summed E-state index contributed by atoms with van der Waals surface area (Å²) < 4.78 is 0. The van der Waals surface area contributed by atoms with E-state index in [0.29, 0.717) is 18.1 Å². The first-order valence-electron chi connectivity index (χ1n) is 6.71. The van der Waals surface area contributed by atoms with Crippen LogP contribution in [0.4, 0.5) is 0 Å². The van der Waals surface area contributed by atoms with Crippen molar-refractivity contribution in [3.05, 3.63) is 35.4 Å². The third kappa shape index (κ3) is 3.69. The predicted molar refractivity (Wildman–Crippen MR) is 73.3 cm³/mol. The Labute approximate surface area is 105 Å². The summed E-state index contributed by atoms with van der Waals surface area (Å²) in [5.41, 5.74) is 2.54. The normalized spacial score (nSPS) is 12.8. The fraction of sp³-hybridized carbons (Fsp3) is 0.562. The Hall–Kier alpha value is -1.11. The average molecular weight is 232 g/mol. The van der Waals surface area contributed by atoms with E-state index in [1.165, 1.54) is 17.5 Å². The van der Waals surface area contributed by atoms with Crippen LogP contribution in [0.15, 0.2) is 24.3 Å². The van der Waals surface area contributed by atoms with Crippen LogP contribution in [0.25, 0.3) is 0 Å². The summed E-state index contributed by atoms with van der Waals surface area (Å²) >= 11 is 0. The van der Waals surface area contributed by atoms with Crippen molar-refractivity contribution in [1.82, 2.24) is 0 Å². The summed E-state index contributed by atoms with van der Waals surface area (Å²) in [5.74, 6) is 0.790. The van der Waals surface area contributed by atoms with Crippen molar-refractivity contribution < 1.29 is 4.79 Å². The number of aryl methyl sites for hydroxylation is 1. The molecule has 1 aromatic carbocycles. The molecule has 0 aliphatic rings. The Morgan fingerprint density at radius 1 is 1.12 bits per heavy atom. The fourth-order valence-corrected chi connectivity index (χ4v) is 2.34. The van der Waals surface area contributed by atoms with Gasteiger partial charge in [0.2, 0.25) is 0 Å². The third-order valence-corrected chi connectivity index (χ3v) is 3.24. The number of ketones is 1. The average Bonchev–Trinajstić information content (AvgIpc) is 2.31. The van der Waals surface area contributed by atoms with Gasteiger partial charge in [0.05, 0.1) is 0 Å². The van der Waals surface area contributed by atoms with Gasteiger partial charge in [-0.05, 0) is 23.5 Å². The van der Waals surface area contributed by atoms with E-state index in [0.717, 1.165) is 6.42 Å². The van der Waals surface area contributed by atoms with E-state index in [9.17, 15) is 4.79 Å². The minimum absolute atomic E-state index is 0.0654. The lowest BCUT2D eigenvalue weighted by Gasteiger charge is -2.19. The van der Waals surface area contributed by atoms with Crippen LogP contribution in [0.2, 0.25) is 0 Å². The van der Waals surface area contributed by atoms with E-state index in [-0.39, 0.29) is 5.92 Å². The van der Waals surface area contributed by atoms with E-state index < -0.39 is 0 Å². The highest BCUT2D eigenvalue weighted by atomic mass is 16.1. The first-order valence-corrected chi connectivity index (χ1v) is 6.71. The second kappa shape index (κ2) is 6.58. The number of hydrogen-bond acceptors (Lipinski definition) is 1. The van der Waals surface area contributed by atoms with Crippen LogP contribution in [0.1, 0.15) is 57.6 Å². The fourth-order valence-electron chi connectivity index (χ4n) is 2.34. The molecule has 0 radical (unpaired) electrons. The quantitative estimate of drug-likeness (QED) is 0.712. The summed E-state index contributed by atoms with van der Waals surface area (Å²) in [4.78, 5) is 12.0. The number of carbonyl (C=O) groups is 1. The lowest BCUT2D eigenvalue weighted by molar-refractivity contribution is -0.121. The highest BCUT2D eigenvalue weighted by Gasteiger charge is 2.22. The summed E-state index contributed by atoms with van der Waals surface area (Å²) in [7, 11) is 0. The van der Waals surface area contributed by atoms with Gasteiger partial charge in [0.1, 0.15) is 5.78 Å². The summed E-state index contributed by atoms with van der Waals surface area (Å²) in [5, 5.41) is 0. The van der Waals surface area contributed by atoms with Crippen molar-refractivity contribution in [3.63, 3.8) is 0 Å². The molecule has 0 aromatic heterocycles. The molecule has 0 fully saturated rings. The van der Waals surface area contributed by atoms with Gasteiger partial charge in [0.15, 0.2) is 0 Å². The molecule has 0 aliphatic heterocycles. The Morgan fingerprint density at radius 3 is 2.12 bits per heavy atom. The summed E-state index contributed by atoms with van der Waals surface area (Å²) in [6, 6.07) is 8.58. The SMILES string of the molecule is CCCc1ccc(C(C(=O)CC)C(C)C)cc1. The van der Waals surface area contributed by atoms with Crippen LogP contribution in [-0.2, 0) is 11.2 Å². The molecule has 1 aromatic rings. The molecule has 0 bridgehead atoms. The molecule has 1 heteroatoms. The van der Waals surface area contributed by atoms with Gasteiger partial charge in [-0.3, -0.25) is 4.79 Å². The summed E-state index contributed by atoms with van der Waals surface area (Å²) in [6.07, 6.45) is 2.91. The maximum absolute atomic E-state index is 12.0. The van der Waals surface area contributed by atoms with E-state index in [1.54, 1.807) is 0 Å². The number of hydrogen-bond donors (Lipinski definition) is 0. The molecule has 0 saturated heterocycles. The van der Waals surface area contributed by atoms with Crippen molar-refractivity contribution in [2.75, 3.05) is 0 Å². The topological polar surface area (TPSA) is 17.1 Å². The van der Waals surface area contributed by atoms with Crippen LogP contribution in [0, 0.1) is 5.92 Å². The molecular formula is C16H24O. The molecule has 1 atom stereocenters. The van der Waals surface area contributed by atoms with Crippen molar-refractivity contribution in [1.29, 1.82) is 0 Å². The van der Waals surface area contributed by atoms with E-state index in [2.05, 4.69) is 45.0 Å². The molecule has 0 N–H and O–H groups in total. The first kappa shape index (κ1) is 14.0. The van der Waals surface area contributed by atoms with Gasteiger partial charge in [0, 0.05) is 12.3 Å². The van der Waals surface area contributed by atoms with Gasteiger partial charge in [-0.1, -0.05) is 58.4 Å². The molecule has 17 heavy (non-hydrogen) atoms. The van der Waals surface area contributed by atoms with Crippen LogP contribution >= 0.6 is 0 Å². The molecule has 0 amide bonds. The molecule has 94 valence electrons. The molecule has 1 rings (SSSR count). The second-order valence-electron chi connectivity index (χ2n) is 5.03. The van der Waals surface area contributed by atoms with Crippen molar-refractivity contribution in [2.45, 2.75) is 52.9 Å². The highest BCUT2D eigenvalue weighted by molar-refractivity contribution is 5.85. The van der Waals surface area contributed by atoms with Crippen molar-refractivity contribution in [3.8, 4) is 0 Å². The number of carbonyl (C=O) groups excluding carboxylic acids is 1. The predicted octanol–water partition coefficient (Wildman–Crippen LogP) is 4.36.